The molecule has 2 aromatic rings. The summed E-state index contributed by atoms with van der Waals surface area (Å²) in [6.45, 7) is 3.76. The molecule has 1 heterocycles. The van der Waals surface area contributed by atoms with Crippen LogP contribution in [0.3, 0.4) is 0 Å². The van der Waals surface area contributed by atoms with Crippen molar-refractivity contribution in [1.29, 1.82) is 0 Å². The highest BCUT2D eigenvalue weighted by atomic mass is 16.3. The van der Waals surface area contributed by atoms with E-state index in [0.29, 0.717) is 24.9 Å². The van der Waals surface area contributed by atoms with E-state index in [2.05, 4.69) is 5.43 Å². The first-order valence-electron chi connectivity index (χ1n) is 9.33. The van der Waals surface area contributed by atoms with Crippen molar-refractivity contribution in [3.8, 4) is 5.75 Å². The Morgan fingerprint density at radius 2 is 1.93 bits per heavy atom. The number of fused-ring (bicyclic) bond motifs is 1. The number of anilines is 2. The molecule has 6 nitrogen and oxygen atoms in total. The van der Waals surface area contributed by atoms with Crippen LogP contribution in [0.15, 0.2) is 42.5 Å². The van der Waals surface area contributed by atoms with Gasteiger partial charge in [0.05, 0.1) is 11.8 Å². The molecule has 3 rings (SSSR count). The molecule has 1 aliphatic rings. The second-order valence-electron chi connectivity index (χ2n) is 6.91. The summed E-state index contributed by atoms with van der Waals surface area (Å²) >= 11 is 0. The average molecular weight is 369 g/mol. The normalized spacial score (nSPS) is 17.0. The van der Waals surface area contributed by atoms with E-state index < -0.39 is 6.10 Å². The molecular weight excluding hydrogens is 342 g/mol. The minimum Gasteiger partial charge on any atom is -0.505 e. The smallest absolute Gasteiger partial charge is 0.238 e. The van der Waals surface area contributed by atoms with Gasteiger partial charge in [-0.25, -0.2) is 0 Å². The Balaban J connectivity index is 1.82. The largest absolute Gasteiger partial charge is 0.505 e. The fraction of sp³-hybridized carbons (Fsp3) is 0.381. The molecule has 2 atom stereocenters. The molecule has 0 aliphatic carbocycles. The van der Waals surface area contributed by atoms with Gasteiger partial charge < -0.3 is 15.1 Å². The van der Waals surface area contributed by atoms with Crippen LogP contribution in [0.4, 0.5) is 11.4 Å². The van der Waals surface area contributed by atoms with E-state index in [4.69, 9.17) is 0 Å². The molecule has 2 unspecified atom stereocenters. The lowest BCUT2D eigenvalue weighted by molar-refractivity contribution is -0.121. The predicted octanol–water partition coefficient (Wildman–Crippen LogP) is 3.10. The third-order valence-electron chi connectivity index (χ3n) is 5.21. The number of carbonyl (C=O) groups is 1. The van der Waals surface area contributed by atoms with E-state index in [1.807, 2.05) is 61.3 Å². The lowest BCUT2D eigenvalue weighted by Crippen LogP contribution is -2.49. The third kappa shape index (κ3) is 3.71. The number of phenols is 1. The van der Waals surface area contributed by atoms with Crippen molar-refractivity contribution >= 4 is 17.3 Å². The first kappa shape index (κ1) is 19.0. The lowest BCUT2D eigenvalue weighted by Gasteiger charge is -2.27. The summed E-state index contributed by atoms with van der Waals surface area (Å²) in [4.78, 5) is 13.9. The number of hydrogen-bond donors (Lipinski definition) is 3. The van der Waals surface area contributed by atoms with Crippen molar-refractivity contribution in [2.45, 2.75) is 45.4 Å². The van der Waals surface area contributed by atoms with E-state index >= 15 is 0 Å². The molecular formula is C21H27N3O3. The minimum atomic E-state index is -0.587. The van der Waals surface area contributed by atoms with Crippen LogP contribution in [-0.2, 0) is 11.2 Å². The van der Waals surface area contributed by atoms with Gasteiger partial charge in [0.1, 0.15) is 17.6 Å². The van der Waals surface area contributed by atoms with Gasteiger partial charge in [-0.1, -0.05) is 43.3 Å². The summed E-state index contributed by atoms with van der Waals surface area (Å²) in [6.07, 6.45) is 0.709. The molecule has 6 heteroatoms. The van der Waals surface area contributed by atoms with Gasteiger partial charge in [-0.05, 0) is 37.0 Å². The molecule has 2 aromatic carbocycles. The number of aryl methyl sites for hydroxylation is 1. The Kier molecular flexibility index (Phi) is 5.56. The predicted molar refractivity (Wildman–Crippen MR) is 107 cm³/mol. The van der Waals surface area contributed by atoms with Crippen LogP contribution >= 0.6 is 0 Å². The zero-order valence-electron chi connectivity index (χ0n) is 16.0. The average Bonchev–Trinajstić information content (AvgIpc) is 2.93. The summed E-state index contributed by atoms with van der Waals surface area (Å²) in [6, 6.07) is 13.3. The van der Waals surface area contributed by atoms with Crippen LogP contribution in [0.1, 0.15) is 43.9 Å². The fourth-order valence-electron chi connectivity index (χ4n) is 3.39. The number of amides is 1. The highest BCUT2D eigenvalue weighted by molar-refractivity contribution is 5.87. The fourth-order valence-corrected chi connectivity index (χ4v) is 3.39. The minimum absolute atomic E-state index is 0.104. The number of nitrogens with zero attached hydrogens (tertiary/aromatic N) is 2. The van der Waals surface area contributed by atoms with Crippen LogP contribution in [0.25, 0.3) is 0 Å². The number of hydrogen-bond acceptors (Lipinski definition) is 5. The second-order valence-corrected chi connectivity index (χ2v) is 6.91. The van der Waals surface area contributed by atoms with Gasteiger partial charge in [0.25, 0.3) is 0 Å². The van der Waals surface area contributed by atoms with E-state index in [0.717, 1.165) is 16.8 Å². The maximum atomic E-state index is 11.9. The van der Waals surface area contributed by atoms with Gasteiger partial charge in [0.2, 0.25) is 5.91 Å². The molecule has 1 aliphatic heterocycles. The van der Waals surface area contributed by atoms with E-state index in [-0.39, 0.29) is 17.8 Å². The summed E-state index contributed by atoms with van der Waals surface area (Å²) in [5.74, 6) is 0.0489. The van der Waals surface area contributed by atoms with Crippen molar-refractivity contribution in [2.24, 2.45) is 0 Å². The van der Waals surface area contributed by atoms with Crippen molar-refractivity contribution in [3.63, 3.8) is 0 Å². The third-order valence-corrected chi connectivity index (χ3v) is 5.21. The van der Waals surface area contributed by atoms with Gasteiger partial charge >= 0.3 is 0 Å². The molecule has 0 spiro atoms. The number of aliphatic hydroxyl groups is 1. The lowest BCUT2D eigenvalue weighted by atomic mass is 10.00. The molecule has 0 bridgehead atoms. The number of nitrogens with one attached hydrogen (secondary N) is 1. The first-order valence-corrected chi connectivity index (χ1v) is 9.33. The highest BCUT2D eigenvalue weighted by Gasteiger charge is 2.35. The molecule has 0 aromatic heterocycles. The Morgan fingerprint density at radius 3 is 2.59 bits per heavy atom. The quantitative estimate of drug-likeness (QED) is 0.729. The van der Waals surface area contributed by atoms with Crippen LogP contribution in [0, 0.1) is 0 Å². The molecule has 144 valence electrons. The van der Waals surface area contributed by atoms with E-state index in [1.165, 1.54) is 0 Å². The summed E-state index contributed by atoms with van der Waals surface area (Å²) < 4.78 is 0. The van der Waals surface area contributed by atoms with Gasteiger partial charge in [-0.3, -0.25) is 15.2 Å². The Bertz CT molecular complexity index is 810. The number of phenolic OH excluding ortho intramolecular Hbond substituents is 1. The zero-order chi connectivity index (χ0) is 19.6. The zero-order valence-corrected chi connectivity index (χ0v) is 16.0. The number of hydrazine groups is 1. The Hall–Kier alpha value is -2.73. The number of carbonyl (C=O) groups excluding carboxylic acids is 1. The summed E-state index contributed by atoms with van der Waals surface area (Å²) in [5, 5.41) is 23.0. The van der Waals surface area contributed by atoms with E-state index in [1.54, 1.807) is 11.9 Å². The second kappa shape index (κ2) is 7.88. The summed E-state index contributed by atoms with van der Waals surface area (Å²) in [5.41, 5.74) is 5.96. The Morgan fingerprint density at radius 1 is 1.22 bits per heavy atom. The van der Waals surface area contributed by atoms with Crippen molar-refractivity contribution < 1.29 is 15.0 Å². The molecule has 0 fully saturated rings. The standard InChI is InChI=1S/C21H27N3O3/c1-4-19(26)22-24-14(2)23(3)17-12-10-16(21(27)20(17)24)11-13-18(25)15-8-6-5-7-9-15/h5-10,12,14,18,25,27H,4,11,13H2,1-3H3,(H,22,26). The summed E-state index contributed by atoms with van der Waals surface area (Å²) in [7, 11) is 1.93. The van der Waals surface area contributed by atoms with E-state index in [9.17, 15) is 15.0 Å². The first-order chi connectivity index (χ1) is 12.9. The maximum Gasteiger partial charge on any atom is 0.238 e. The monoisotopic (exact) mass is 369 g/mol. The van der Waals surface area contributed by atoms with Crippen LogP contribution in [-0.4, -0.2) is 29.3 Å². The number of benzene rings is 2. The van der Waals surface area contributed by atoms with Crippen LogP contribution in [0.2, 0.25) is 0 Å². The molecule has 0 saturated heterocycles. The van der Waals surface area contributed by atoms with Crippen LogP contribution in [0.5, 0.6) is 5.75 Å². The van der Waals surface area contributed by atoms with Crippen molar-refractivity contribution in [3.05, 3.63) is 53.6 Å². The van der Waals surface area contributed by atoms with Crippen LogP contribution < -0.4 is 15.3 Å². The number of aliphatic hydroxyl groups excluding tert-OH is 1. The molecule has 27 heavy (non-hydrogen) atoms. The van der Waals surface area contributed by atoms with Gasteiger partial charge in [0.15, 0.2) is 0 Å². The van der Waals surface area contributed by atoms with Gasteiger partial charge in [0, 0.05) is 13.5 Å². The molecule has 1 amide bonds. The van der Waals surface area contributed by atoms with Gasteiger partial charge in [-0.15, -0.1) is 0 Å². The SMILES string of the molecule is CCC(=O)NN1c2c(ccc(CCC(O)c3ccccc3)c2O)N(C)C1C. The highest BCUT2D eigenvalue weighted by Crippen LogP contribution is 2.46. The molecule has 0 radical (unpaired) electrons. The number of rotatable bonds is 6. The molecule has 0 saturated carbocycles. The Labute approximate surface area is 160 Å². The van der Waals surface area contributed by atoms with Gasteiger partial charge in [-0.2, -0.15) is 0 Å². The molecule has 3 N–H and O–H groups in total. The van der Waals surface area contributed by atoms with Crippen molar-refractivity contribution in [2.75, 3.05) is 17.0 Å². The maximum absolute atomic E-state index is 11.9. The van der Waals surface area contributed by atoms with Crippen molar-refractivity contribution in [1.82, 2.24) is 5.43 Å². The topological polar surface area (TPSA) is 76.0 Å². The number of aromatic hydroxyl groups is 1.